The molecule has 2 unspecified atom stereocenters. The molecule has 0 spiro atoms. The number of ether oxygens (including phenoxy) is 1. The molecule has 3 nitrogen and oxygen atoms in total. The number of thiazole rings is 1. The van der Waals surface area contributed by atoms with Crippen LogP contribution in [-0.4, -0.2) is 18.1 Å². The predicted octanol–water partition coefficient (Wildman–Crippen LogP) is 3.15. The van der Waals surface area contributed by atoms with Crippen LogP contribution in [0.3, 0.4) is 0 Å². The summed E-state index contributed by atoms with van der Waals surface area (Å²) in [7, 11) is 1.42. The van der Waals surface area contributed by atoms with Crippen molar-refractivity contribution in [1.29, 1.82) is 0 Å². The summed E-state index contributed by atoms with van der Waals surface area (Å²) < 4.78 is 4.65. The van der Waals surface area contributed by atoms with Crippen molar-refractivity contribution in [3.8, 4) is 0 Å². The van der Waals surface area contributed by atoms with E-state index in [1.54, 1.807) is 11.3 Å². The minimum atomic E-state index is -0.209. The zero-order chi connectivity index (χ0) is 12.3. The molecule has 0 aromatic carbocycles. The van der Waals surface area contributed by atoms with E-state index in [9.17, 15) is 4.79 Å². The topological polar surface area (TPSA) is 39.2 Å². The number of carbonyl (C=O) groups excluding carboxylic acids is 1. The molecule has 1 aromatic rings. The highest BCUT2D eigenvalue weighted by Crippen LogP contribution is 2.37. The Morgan fingerprint density at radius 1 is 1.59 bits per heavy atom. The Hall–Kier alpha value is -0.900. The Morgan fingerprint density at radius 2 is 2.41 bits per heavy atom. The third kappa shape index (κ3) is 3.28. The van der Waals surface area contributed by atoms with Gasteiger partial charge in [0.15, 0.2) is 0 Å². The van der Waals surface area contributed by atoms with E-state index in [0.717, 1.165) is 11.6 Å². The van der Waals surface area contributed by atoms with Crippen LogP contribution in [0.5, 0.6) is 0 Å². The van der Waals surface area contributed by atoms with Crippen molar-refractivity contribution in [3.05, 3.63) is 16.1 Å². The van der Waals surface area contributed by atoms with Crippen molar-refractivity contribution in [2.24, 2.45) is 5.92 Å². The van der Waals surface area contributed by atoms with Crippen LogP contribution in [0, 0.1) is 5.92 Å². The van der Waals surface area contributed by atoms with E-state index in [4.69, 9.17) is 0 Å². The summed E-state index contributed by atoms with van der Waals surface area (Å²) in [5.41, 5.74) is 0.857. The number of aromatic nitrogens is 1. The molecule has 1 aliphatic rings. The first-order valence-electron chi connectivity index (χ1n) is 6.20. The van der Waals surface area contributed by atoms with Gasteiger partial charge in [-0.25, -0.2) is 4.98 Å². The zero-order valence-corrected chi connectivity index (χ0v) is 11.3. The van der Waals surface area contributed by atoms with E-state index in [-0.39, 0.29) is 5.97 Å². The molecule has 17 heavy (non-hydrogen) atoms. The highest BCUT2D eigenvalue weighted by atomic mass is 32.1. The zero-order valence-electron chi connectivity index (χ0n) is 10.4. The van der Waals surface area contributed by atoms with Gasteiger partial charge in [0.25, 0.3) is 0 Å². The lowest BCUT2D eigenvalue weighted by Gasteiger charge is -2.24. The second kappa shape index (κ2) is 5.63. The lowest BCUT2D eigenvalue weighted by molar-refractivity contribution is -0.139. The van der Waals surface area contributed by atoms with Gasteiger partial charge < -0.3 is 4.74 Å². The summed E-state index contributed by atoms with van der Waals surface area (Å²) in [6, 6.07) is 0. The van der Waals surface area contributed by atoms with Crippen LogP contribution < -0.4 is 0 Å². The van der Waals surface area contributed by atoms with E-state index in [1.165, 1.54) is 37.8 Å². The minimum absolute atomic E-state index is 0.209. The van der Waals surface area contributed by atoms with Gasteiger partial charge in [0.1, 0.15) is 0 Å². The van der Waals surface area contributed by atoms with Crippen molar-refractivity contribution in [2.75, 3.05) is 7.11 Å². The number of carbonyl (C=O) groups is 1. The molecule has 1 saturated carbocycles. The summed E-state index contributed by atoms with van der Waals surface area (Å²) in [4.78, 5) is 15.7. The van der Waals surface area contributed by atoms with Gasteiger partial charge in [-0.2, -0.15) is 0 Å². The largest absolute Gasteiger partial charge is 0.469 e. The van der Waals surface area contributed by atoms with E-state index in [1.807, 2.05) is 5.38 Å². The number of nitrogens with zero attached hydrogens (tertiary/aromatic N) is 1. The van der Waals surface area contributed by atoms with E-state index >= 15 is 0 Å². The van der Waals surface area contributed by atoms with Crippen LogP contribution >= 0.6 is 11.3 Å². The lowest BCUT2D eigenvalue weighted by atomic mass is 9.83. The fraction of sp³-hybridized carbons (Fsp3) is 0.692. The van der Waals surface area contributed by atoms with Crippen LogP contribution in [0.4, 0.5) is 0 Å². The van der Waals surface area contributed by atoms with Crippen molar-refractivity contribution in [1.82, 2.24) is 4.98 Å². The summed E-state index contributed by atoms with van der Waals surface area (Å²) in [5.74, 6) is 1.20. The molecule has 1 aromatic heterocycles. The smallest absolute Gasteiger partial charge is 0.311 e. The Balaban J connectivity index is 1.99. The van der Waals surface area contributed by atoms with Crippen LogP contribution in [0.2, 0.25) is 0 Å². The molecule has 0 aliphatic heterocycles. The summed E-state index contributed by atoms with van der Waals surface area (Å²) in [6.07, 6.45) is 5.44. The summed E-state index contributed by atoms with van der Waals surface area (Å²) in [6.45, 7) is 2.31. The lowest BCUT2D eigenvalue weighted by Crippen LogP contribution is -2.12. The van der Waals surface area contributed by atoms with Gasteiger partial charge in [-0.1, -0.05) is 19.8 Å². The fourth-order valence-electron chi connectivity index (χ4n) is 2.47. The van der Waals surface area contributed by atoms with Gasteiger partial charge in [-0.05, 0) is 18.8 Å². The molecule has 0 N–H and O–H groups in total. The van der Waals surface area contributed by atoms with Crippen molar-refractivity contribution in [3.63, 3.8) is 0 Å². The highest BCUT2D eigenvalue weighted by molar-refractivity contribution is 7.09. The van der Waals surface area contributed by atoms with Crippen LogP contribution in [0.1, 0.15) is 49.2 Å². The predicted molar refractivity (Wildman–Crippen MR) is 68.2 cm³/mol. The molecule has 0 radical (unpaired) electrons. The molecule has 4 heteroatoms. The van der Waals surface area contributed by atoms with Gasteiger partial charge in [0.05, 0.1) is 24.2 Å². The molecule has 94 valence electrons. The number of esters is 1. The average Bonchev–Trinajstić information content (AvgIpc) is 2.77. The highest BCUT2D eigenvalue weighted by Gasteiger charge is 2.23. The third-order valence-electron chi connectivity index (χ3n) is 3.41. The minimum Gasteiger partial charge on any atom is -0.469 e. The average molecular weight is 253 g/mol. The molecule has 1 heterocycles. The fourth-order valence-corrected chi connectivity index (χ4v) is 3.44. The first kappa shape index (κ1) is 12.6. The number of hydrogen-bond donors (Lipinski definition) is 0. The van der Waals surface area contributed by atoms with Gasteiger partial charge >= 0.3 is 5.97 Å². The van der Waals surface area contributed by atoms with E-state index in [2.05, 4.69) is 16.6 Å². The second-order valence-electron chi connectivity index (χ2n) is 4.90. The Morgan fingerprint density at radius 3 is 3.12 bits per heavy atom. The molecule has 2 atom stereocenters. The Labute approximate surface area is 106 Å². The van der Waals surface area contributed by atoms with E-state index < -0.39 is 0 Å². The number of methoxy groups -OCH3 is 1. The van der Waals surface area contributed by atoms with Gasteiger partial charge in [-0.3, -0.25) is 4.79 Å². The van der Waals surface area contributed by atoms with Crippen LogP contribution in [0.25, 0.3) is 0 Å². The van der Waals surface area contributed by atoms with Crippen molar-refractivity contribution in [2.45, 2.75) is 44.9 Å². The normalized spacial score (nSPS) is 24.6. The molecule has 0 saturated heterocycles. The van der Waals surface area contributed by atoms with Crippen molar-refractivity contribution < 1.29 is 9.53 Å². The molecule has 0 bridgehead atoms. The monoisotopic (exact) mass is 253 g/mol. The standard InChI is InChI=1S/C13H19NO2S/c1-9-4-3-5-10(6-9)13-14-11(8-17-13)7-12(15)16-2/h8-10H,3-7H2,1-2H3. The molecule has 1 aliphatic carbocycles. The van der Waals surface area contributed by atoms with Crippen molar-refractivity contribution >= 4 is 17.3 Å². The number of rotatable bonds is 3. The number of hydrogen-bond acceptors (Lipinski definition) is 4. The maximum atomic E-state index is 11.2. The summed E-state index contributed by atoms with van der Waals surface area (Å²) >= 11 is 1.69. The van der Waals surface area contributed by atoms with E-state index in [0.29, 0.717) is 12.3 Å². The molecular formula is C13H19NO2S. The maximum absolute atomic E-state index is 11.2. The molecule has 0 amide bonds. The maximum Gasteiger partial charge on any atom is 0.311 e. The first-order chi connectivity index (χ1) is 8.19. The quantitative estimate of drug-likeness (QED) is 0.777. The molecular weight excluding hydrogens is 234 g/mol. The van der Waals surface area contributed by atoms with Gasteiger partial charge in [-0.15, -0.1) is 11.3 Å². The summed E-state index contributed by atoms with van der Waals surface area (Å²) in [5, 5.41) is 3.20. The van der Waals surface area contributed by atoms with Crippen LogP contribution in [0.15, 0.2) is 5.38 Å². The van der Waals surface area contributed by atoms with Gasteiger partial charge in [0, 0.05) is 11.3 Å². The van der Waals surface area contributed by atoms with Gasteiger partial charge in [0.2, 0.25) is 0 Å². The third-order valence-corrected chi connectivity index (χ3v) is 4.46. The Bertz CT molecular complexity index is 389. The first-order valence-corrected chi connectivity index (χ1v) is 7.08. The molecule has 2 rings (SSSR count). The Kier molecular flexibility index (Phi) is 4.15. The SMILES string of the molecule is COC(=O)Cc1csc(C2CCCC(C)C2)n1. The van der Waals surface area contributed by atoms with Crippen LogP contribution in [-0.2, 0) is 16.0 Å². The second-order valence-corrected chi connectivity index (χ2v) is 5.79. The molecule has 1 fully saturated rings.